The van der Waals surface area contributed by atoms with E-state index in [9.17, 15) is 0 Å². The topological polar surface area (TPSA) is 43.1 Å². The van der Waals surface area contributed by atoms with Gasteiger partial charge in [0.15, 0.2) is 0 Å². The van der Waals surface area contributed by atoms with Crippen molar-refractivity contribution in [3.05, 3.63) is 46.6 Å². The number of pyridine rings is 1. The molecule has 5 heteroatoms. The van der Waals surface area contributed by atoms with Crippen LogP contribution in [0.2, 0.25) is 0 Å². The van der Waals surface area contributed by atoms with Crippen LogP contribution in [0.1, 0.15) is 11.4 Å². The zero-order valence-corrected chi connectivity index (χ0v) is 11.6. The number of hydrogen-bond donors (Lipinski definition) is 0. The van der Waals surface area contributed by atoms with Crippen LogP contribution in [0.4, 0.5) is 0 Å². The highest BCUT2D eigenvalue weighted by atomic mass is 79.9. The van der Waals surface area contributed by atoms with Gasteiger partial charge in [0.2, 0.25) is 0 Å². The summed E-state index contributed by atoms with van der Waals surface area (Å²) in [6.45, 7) is 3.99. The number of imidazole rings is 1. The van der Waals surface area contributed by atoms with Crippen LogP contribution in [-0.2, 0) is 0 Å². The minimum atomic E-state index is 0.830. The Kier molecular flexibility index (Phi) is 2.63. The molecule has 3 rings (SSSR count). The summed E-state index contributed by atoms with van der Waals surface area (Å²) in [5.74, 6) is 0. The van der Waals surface area contributed by atoms with Crippen molar-refractivity contribution in [3.63, 3.8) is 0 Å². The minimum Gasteiger partial charge on any atom is -0.303 e. The molecule has 0 aliphatic heterocycles. The highest BCUT2D eigenvalue weighted by Gasteiger charge is 2.10. The lowest BCUT2D eigenvalue weighted by molar-refractivity contribution is 1.08. The Balaban J connectivity index is 2.26. The largest absolute Gasteiger partial charge is 0.303 e. The molecule has 3 aromatic heterocycles. The Hall–Kier alpha value is -1.75. The molecule has 0 saturated heterocycles. The summed E-state index contributed by atoms with van der Waals surface area (Å²) in [7, 11) is 0. The van der Waals surface area contributed by atoms with Gasteiger partial charge in [0.25, 0.3) is 0 Å². The fraction of sp³-hybridized carbons (Fsp3) is 0.154. The standard InChI is InChI=1S/C13H11BrN4/c1-8-13(16-6-5-15-8)11-7-18-9(2)10(14)3-4-12(18)17-11/h3-7H,1-2H3. The molecule has 0 saturated carbocycles. The molecular formula is C13H11BrN4. The summed E-state index contributed by atoms with van der Waals surface area (Å²) >= 11 is 3.52. The molecule has 0 aliphatic carbocycles. The van der Waals surface area contributed by atoms with Gasteiger partial charge in [-0.05, 0) is 41.9 Å². The summed E-state index contributed by atoms with van der Waals surface area (Å²) < 4.78 is 3.11. The lowest BCUT2D eigenvalue weighted by Crippen LogP contribution is -1.90. The third kappa shape index (κ3) is 1.71. The number of halogens is 1. The maximum atomic E-state index is 4.59. The molecular weight excluding hydrogens is 292 g/mol. The van der Waals surface area contributed by atoms with Crippen molar-refractivity contribution >= 4 is 21.6 Å². The second kappa shape index (κ2) is 4.17. The summed E-state index contributed by atoms with van der Waals surface area (Å²) in [5.41, 5.74) is 4.60. The zero-order chi connectivity index (χ0) is 12.7. The van der Waals surface area contributed by atoms with Gasteiger partial charge in [0.1, 0.15) is 17.0 Å². The molecule has 0 amide bonds. The van der Waals surface area contributed by atoms with Gasteiger partial charge in [-0.15, -0.1) is 0 Å². The normalized spacial score (nSPS) is 11.1. The summed E-state index contributed by atoms with van der Waals surface area (Å²) in [4.78, 5) is 13.2. The SMILES string of the molecule is Cc1nccnc1-c1cn2c(C)c(Br)ccc2n1. The predicted molar refractivity (Wildman–Crippen MR) is 73.4 cm³/mol. The van der Waals surface area contributed by atoms with Crippen LogP contribution in [0.25, 0.3) is 17.0 Å². The average Bonchev–Trinajstić information content (AvgIpc) is 2.79. The van der Waals surface area contributed by atoms with Gasteiger partial charge in [-0.25, -0.2) is 4.98 Å². The van der Waals surface area contributed by atoms with Gasteiger partial charge in [-0.1, -0.05) is 0 Å². The number of fused-ring (bicyclic) bond motifs is 1. The van der Waals surface area contributed by atoms with E-state index in [0.29, 0.717) is 0 Å². The first-order valence-electron chi connectivity index (χ1n) is 5.59. The molecule has 3 heterocycles. The second-order valence-corrected chi connectivity index (χ2v) is 4.97. The van der Waals surface area contributed by atoms with Crippen LogP contribution in [0, 0.1) is 13.8 Å². The van der Waals surface area contributed by atoms with E-state index in [2.05, 4.69) is 30.9 Å². The van der Waals surface area contributed by atoms with E-state index in [1.807, 2.05) is 36.6 Å². The van der Waals surface area contributed by atoms with E-state index >= 15 is 0 Å². The molecule has 0 bridgehead atoms. The lowest BCUT2D eigenvalue weighted by atomic mass is 10.2. The fourth-order valence-corrected chi connectivity index (χ4v) is 2.26. The maximum absolute atomic E-state index is 4.59. The van der Waals surface area contributed by atoms with E-state index < -0.39 is 0 Å². The first-order valence-corrected chi connectivity index (χ1v) is 6.38. The number of aryl methyl sites for hydroxylation is 2. The van der Waals surface area contributed by atoms with Crippen molar-refractivity contribution < 1.29 is 0 Å². The average molecular weight is 303 g/mol. The van der Waals surface area contributed by atoms with Gasteiger partial charge in [0.05, 0.1) is 5.69 Å². The van der Waals surface area contributed by atoms with Crippen LogP contribution < -0.4 is 0 Å². The van der Waals surface area contributed by atoms with Crippen LogP contribution in [0.15, 0.2) is 35.2 Å². The van der Waals surface area contributed by atoms with Gasteiger partial charge in [0, 0.05) is 28.8 Å². The molecule has 3 aromatic rings. The van der Waals surface area contributed by atoms with Crippen LogP contribution in [-0.4, -0.2) is 19.4 Å². The smallest absolute Gasteiger partial charge is 0.137 e. The Morgan fingerprint density at radius 3 is 2.67 bits per heavy atom. The zero-order valence-electron chi connectivity index (χ0n) is 10.1. The van der Waals surface area contributed by atoms with Crippen molar-refractivity contribution in [1.82, 2.24) is 19.4 Å². The molecule has 0 atom stereocenters. The van der Waals surface area contributed by atoms with Gasteiger partial charge >= 0.3 is 0 Å². The molecule has 0 N–H and O–H groups in total. The highest BCUT2D eigenvalue weighted by Crippen LogP contribution is 2.23. The van der Waals surface area contributed by atoms with Gasteiger partial charge in [-0.3, -0.25) is 9.97 Å². The fourth-order valence-electron chi connectivity index (χ4n) is 1.94. The van der Waals surface area contributed by atoms with E-state index in [-0.39, 0.29) is 0 Å². The Morgan fingerprint density at radius 1 is 1.11 bits per heavy atom. The monoisotopic (exact) mass is 302 g/mol. The summed E-state index contributed by atoms with van der Waals surface area (Å²) in [6, 6.07) is 3.98. The van der Waals surface area contributed by atoms with Crippen LogP contribution in [0.5, 0.6) is 0 Å². The molecule has 18 heavy (non-hydrogen) atoms. The van der Waals surface area contributed by atoms with Crippen molar-refractivity contribution in [3.8, 4) is 11.4 Å². The van der Waals surface area contributed by atoms with Gasteiger partial charge in [-0.2, -0.15) is 0 Å². The third-order valence-corrected chi connectivity index (χ3v) is 3.78. The number of nitrogens with zero attached hydrogens (tertiary/aromatic N) is 4. The third-order valence-electron chi connectivity index (χ3n) is 2.94. The maximum Gasteiger partial charge on any atom is 0.137 e. The van der Waals surface area contributed by atoms with Crippen molar-refractivity contribution in [2.45, 2.75) is 13.8 Å². The molecule has 90 valence electrons. The first kappa shape index (κ1) is 11.3. The van der Waals surface area contributed by atoms with Crippen LogP contribution in [0.3, 0.4) is 0 Å². The molecule has 0 spiro atoms. The quantitative estimate of drug-likeness (QED) is 0.693. The van der Waals surface area contributed by atoms with E-state index in [1.54, 1.807) is 12.4 Å². The van der Waals surface area contributed by atoms with E-state index in [0.717, 1.165) is 32.9 Å². The summed E-state index contributed by atoms with van der Waals surface area (Å²) in [6.07, 6.45) is 5.37. The summed E-state index contributed by atoms with van der Waals surface area (Å²) in [5, 5.41) is 0. The van der Waals surface area contributed by atoms with E-state index in [4.69, 9.17) is 0 Å². The first-order chi connectivity index (χ1) is 8.66. The Morgan fingerprint density at radius 2 is 1.89 bits per heavy atom. The Labute approximate surface area is 113 Å². The van der Waals surface area contributed by atoms with Crippen molar-refractivity contribution in [1.29, 1.82) is 0 Å². The molecule has 4 nitrogen and oxygen atoms in total. The van der Waals surface area contributed by atoms with Gasteiger partial charge < -0.3 is 4.40 Å². The molecule has 0 aliphatic rings. The number of hydrogen-bond acceptors (Lipinski definition) is 3. The predicted octanol–water partition coefficient (Wildman–Crippen LogP) is 3.17. The van der Waals surface area contributed by atoms with Crippen molar-refractivity contribution in [2.24, 2.45) is 0 Å². The number of aromatic nitrogens is 4. The lowest BCUT2D eigenvalue weighted by Gasteiger charge is -2.00. The van der Waals surface area contributed by atoms with Crippen molar-refractivity contribution in [2.75, 3.05) is 0 Å². The second-order valence-electron chi connectivity index (χ2n) is 4.11. The molecule has 0 aromatic carbocycles. The minimum absolute atomic E-state index is 0.830. The Bertz CT molecular complexity index is 733. The molecule has 0 fully saturated rings. The van der Waals surface area contributed by atoms with Crippen LogP contribution >= 0.6 is 15.9 Å². The molecule has 0 unspecified atom stereocenters. The highest BCUT2D eigenvalue weighted by molar-refractivity contribution is 9.10. The molecule has 0 radical (unpaired) electrons. The van der Waals surface area contributed by atoms with E-state index in [1.165, 1.54) is 0 Å². The number of rotatable bonds is 1.